The van der Waals surface area contributed by atoms with E-state index in [1.165, 1.54) is 12.1 Å². The molecule has 0 unspecified atom stereocenters. The molecule has 0 saturated carbocycles. The Labute approximate surface area is 96.8 Å². The van der Waals surface area contributed by atoms with Gasteiger partial charge in [0.1, 0.15) is 18.0 Å². The Bertz CT molecular complexity index is 532. The molecule has 2 atom stereocenters. The summed E-state index contributed by atoms with van der Waals surface area (Å²) >= 11 is 0. The lowest BCUT2D eigenvalue weighted by Gasteiger charge is -1.95. The quantitative estimate of drug-likeness (QED) is 0.462. The molecule has 1 aliphatic rings. The molecule has 2 heterocycles. The van der Waals surface area contributed by atoms with Gasteiger partial charge >= 0.3 is 0 Å². The van der Waals surface area contributed by atoms with Gasteiger partial charge in [0.25, 0.3) is 5.69 Å². The van der Waals surface area contributed by atoms with E-state index in [1.807, 2.05) is 12.1 Å². The van der Waals surface area contributed by atoms with Gasteiger partial charge in [0.2, 0.25) is 0 Å². The smallest absolute Gasteiger partial charge is 0.269 e. The van der Waals surface area contributed by atoms with E-state index in [4.69, 9.17) is 9.15 Å². The minimum Gasteiger partial charge on any atom is -0.466 e. The first kappa shape index (κ1) is 10.0. The van der Waals surface area contributed by atoms with Crippen LogP contribution >= 0.6 is 0 Å². The predicted molar refractivity (Wildman–Crippen MR) is 58.4 cm³/mol. The Hall–Kier alpha value is -2.14. The maximum absolute atomic E-state index is 10.5. The van der Waals surface area contributed by atoms with Gasteiger partial charge < -0.3 is 9.15 Å². The molecule has 0 N–H and O–H groups in total. The van der Waals surface area contributed by atoms with Crippen molar-refractivity contribution in [2.45, 2.75) is 12.2 Å². The van der Waals surface area contributed by atoms with E-state index in [9.17, 15) is 10.1 Å². The zero-order chi connectivity index (χ0) is 11.8. The minimum absolute atomic E-state index is 0.0537. The molecule has 0 aliphatic carbocycles. The van der Waals surface area contributed by atoms with Crippen LogP contribution in [0.5, 0.6) is 0 Å². The fourth-order valence-electron chi connectivity index (χ4n) is 1.82. The van der Waals surface area contributed by atoms with Crippen LogP contribution in [0.1, 0.15) is 23.5 Å². The van der Waals surface area contributed by atoms with Crippen LogP contribution in [-0.4, -0.2) is 4.92 Å². The van der Waals surface area contributed by atoms with Crippen LogP contribution in [0, 0.1) is 10.1 Å². The van der Waals surface area contributed by atoms with Crippen molar-refractivity contribution < 1.29 is 14.1 Å². The highest BCUT2D eigenvalue weighted by atomic mass is 16.6. The molecule has 1 fully saturated rings. The lowest BCUT2D eigenvalue weighted by atomic mass is 10.1. The van der Waals surface area contributed by atoms with Crippen LogP contribution < -0.4 is 0 Å². The number of benzene rings is 1. The fourth-order valence-corrected chi connectivity index (χ4v) is 1.82. The number of hydrogen-bond acceptors (Lipinski definition) is 4. The molecule has 5 nitrogen and oxygen atoms in total. The number of nitro benzene ring substituents is 1. The summed E-state index contributed by atoms with van der Waals surface area (Å²) in [5, 5.41) is 10.5. The Balaban J connectivity index is 1.77. The van der Waals surface area contributed by atoms with Crippen molar-refractivity contribution in [1.29, 1.82) is 0 Å². The molecule has 0 radical (unpaired) electrons. The zero-order valence-electron chi connectivity index (χ0n) is 8.78. The summed E-state index contributed by atoms with van der Waals surface area (Å²) < 4.78 is 10.7. The average molecular weight is 231 g/mol. The highest BCUT2D eigenvalue weighted by Gasteiger charge is 2.43. The second-order valence-corrected chi connectivity index (χ2v) is 3.84. The van der Waals surface area contributed by atoms with Crippen LogP contribution in [0.3, 0.4) is 0 Å². The van der Waals surface area contributed by atoms with Crippen molar-refractivity contribution in [3.05, 3.63) is 64.1 Å². The second kappa shape index (κ2) is 3.71. The van der Waals surface area contributed by atoms with Crippen molar-refractivity contribution in [3.8, 4) is 0 Å². The van der Waals surface area contributed by atoms with Crippen molar-refractivity contribution >= 4 is 5.69 Å². The molecule has 0 bridgehead atoms. The summed E-state index contributed by atoms with van der Waals surface area (Å²) in [6, 6.07) is 10.1. The number of ether oxygens (including phenoxy) is 1. The van der Waals surface area contributed by atoms with Gasteiger partial charge in [-0.25, -0.2) is 0 Å². The Morgan fingerprint density at radius 1 is 1.12 bits per heavy atom. The second-order valence-electron chi connectivity index (χ2n) is 3.84. The molecular formula is C12H9NO4. The molecule has 2 aromatic rings. The van der Waals surface area contributed by atoms with Gasteiger partial charge in [-0.3, -0.25) is 10.1 Å². The van der Waals surface area contributed by atoms with Crippen LogP contribution in [-0.2, 0) is 4.74 Å². The van der Waals surface area contributed by atoms with E-state index < -0.39 is 4.92 Å². The summed E-state index contributed by atoms with van der Waals surface area (Å²) in [5.41, 5.74) is 1.01. The van der Waals surface area contributed by atoms with Gasteiger partial charge in [-0.1, -0.05) is 0 Å². The minimum atomic E-state index is -0.415. The number of epoxide rings is 1. The largest absolute Gasteiger partial charge is 0.466 e. The first-order chi connectivity index (χ1) is 8.25. The summed E-state index contributed by atoms with van der Waals surface area (Å²) in [6.07, 6.45) is 1.48. The number of nitrogens with zero attached hydrogens (tertiary/aromatic N) is 1. The van der Waals surface area contributed by atoms with Crippen LogP contribution in [0.2, 0.25) is 0 Å². The predicted octanol–water partition coefficient (Wildman–Crippen LogP) is 3.00. The van der Waals surface area contributed by atoms with Crippen molar-refractivity contribution in [2.24, 2.45) is 0 Å². The molecule has 3 rings (SSSR count). The van der Waals surface area contributed by atoms with Gasteiger partial charge in [-0.15, -0.1) is 0 Å². The molecule has 17 heavy (non-hydrogen) atoms. The van der Waals surface area contributed by atoms with Crippen LogP contribution in [0.4, 0.5) is 5.69 Å². The van der Waals surface area contributed by atoms with Gasteiger partial charge in [0, 0.05) is 12.1 Å². The summed E-state index contributed by atoms with van der Waals surface area (Å²) in [7, 11) is 0. The molecule has 1 aromatic heterocycles. The summed E-state index contributed by atoms with van der Waals surface area (Å²) in [5.74, 6) is 0.786. The van der Waals surface area contributed by atoms with Crippen molar-refractivity contribution in [3.63, 3.8) is 0 Å². The Morgan fingerprint density at radius 3 is 2.47 bits per heavy atom. The molecule has 0 amide bonds. The molecule has 5 heteroatoms. The standard InChI is InChI=1S/C12H9NO4/c14-13(15)9-5-3-8(4-6-9)11-12(17-11)10-2-1-7-16-10/h1-7,11-12H/t11-,12-/m1/s1. The summed E-state index contributed by atoms with van der Waals surface area (Å²) in [6.45, 7) is 0. The van der Waals surface area contributed by atoms with E-state index in [2.05, 4.69) is 0 Å². The molecular weight excluding hydrogens is 222 g/mol. The van der Waals surface area contributed by atoms with Crippen LogP contribution in [0.25, 0.3) is 0 Å². The van der Waals surface area contributed by atoms with Gasteiger partial charge in [-0.05, 0) is 29.8 Å². The van der Waals surface area contributed by atoms with Crippen molar-refractivity contribution in [1.82, 2.24) is 0 Å². The third kappa shape index (κ3) is 1.81. The zero-order valence-corrected chi connectivity index (χ0v) is 8.78. The highest BCUT2D eigenvalue weighted by molar-refractivity contribution is 5.36. The van der Waals surface area contributed by atoms with Gasteiger partial charge in [0.15, 0.2) is 0 Å². The fraction of sp³-hybridized carbons (Fsp3) is 0.167. The normalized spacial score (nSPS) is 22.4. The van der Waals surface area contributed by atoms with E-state index in [-0.39, 0.29) is 17.9 Å². The third-order valence-corrected chi connectivity index (χ3v) is 2.75. The maximum atomic E-state index is 10.5. The van der Waals surface area contributed by atoms with E-state index in [1.54, 1.807) is 18.4 Å². The summed E-state index contributed by atoms with van der Waals surface area (Å²) in [4.78, 5) is 10.1. The monoisotopic (exact) mass is 231 g/mol. The number of nitro groups is 1. The first-order valence-corrected chi connectivity index (χ1v) is 5.19. The molecule has 1 aromatic carbocycles. The molecule has 0 spiro atoms. The topological polar surface area (TPSA) is 68.8 Å². The lowest BCUT2D eigenvalue weighted by molar-refractivity contribution is -0.384. The number of hydrogen-bond donors (Lipinski definition) is 0. The van der Waals surface area contributed by atoms with Gasteiger partial charge in [-0.2, -0.15) is 0 Å². The van der Waals surface area contributed by atoms with E-state index in [0.717, 1.165) is 11.3 Å². The molecule has 86 valence electrons. The van der Waals surface area contributed by atoms with Crippen molar-refractivity contribution in [2.75, 3.05) is 0 Å². The van der Waals surface area contributed by atoms with Crippen LogP contribution in [0.15, 0.2) is 47.1 Å². The highest BCUT2D eigenvalue weighted by Crippen LogP contribution is 2.51. The third-order valence-electron chi connectivity index (χ3n) is 2.75. The SMILES string of the molecule is O=[N+]([O-])c1ccc([C@H]2O[C@@H]2c2ccco2)cc1. The first-order valence-electron chi connectivity index (χ1n) is 5.19. The molecule has 1 saturated heterocycles. The maximum Gasteiger partial charge on any atom is 0.269 e. The lowest BCUT2D eigenvalue weighted by Crippen LogP contribution is -1.88. The van der Waals surface area contributed by atoms with Gasteiger partial charge in [0.05, 0.1) is 11.2 Å². The molecule has 1 aliphatic heterocycles. The number of furan rings is 1. The number of rotatable bonds is 3. The van der Waals surface area contributed by atoms with E-state index >= 15 is 0 Å². The van der Waals surface area contributed by atoms with E-state index in [0.29, 0.717) is 0 Å². The number of non-ortho nitro benzene ring substituents is 1. The Kier molecular flexibility index (Phi) is 2.19. The average Bonchev–Trinajstić information content (AvgIpc) is 2.95. The Morgan fingerprint density at radius 2 is 1.88 bits per heavy atom.